The number of nitrogens with one attached hydrogen (secondary N) is 2. The molecule has 0 atom stereocenters. The van der Waals surface area contributed by atoms with Gasteiger partial charge in [-0.05, 0) is 25.9 Å². The van der Waals surface area contributed by atoms with Gasteiger partial charge in [0.1, 0.15) is 5.69 Å². The molecule has 1 aromatic rings. The van der Waals surface area contributed by atoms with Gasteiger partial charge in [0.2, 0.25) is 0 Å². The van der Waals surface area contributed by atoms with Gasteiger partial charge in [0, 0.05) is 13.1 Å². The van der Waals surface area contributed by atoms with E-state index in [4.69, 9.17) is 5.73 Å². The Bertz CT molecular complexity index is 356. The van der Waals surface area contributed by atoms with E-state index in [9.17, 15) is 4.79 Å². The summed E-state index contributed by atoms with van der Waals surface area (Å²) in [5.41, 5.74) is 6.31. The number of nitrogens with zero attached hydrogens (tertiary/aromatic N) is 2. The molecule has 16 heavy (non-hydrogen) atoms. The van der Waals surface area contributed by atoms with Gasteiger partial charge >= 0.3 is 0 Å². The molecule has 1 fully saturated rings. The van der Waals surface area contributed by atoms with Crippen molar-refractivity contribution in [1.82, 2.24) is 20.4 Å². The number of aromatic amines is 1. The van der Waals surface area contributed by atoms with E-state index in [-0.39, 0.29) is 5.91 Å². The van der Waals surface area contributed by atoms with E-state index < -0.39 is 0 Å². The van der Waals surface area contributed by atoms with Crippen LogP contribution >= 0.6 is 0 Å². The van der Waals surface area contributed by atoms with E-state index >= 15 is 0 Å². The Morgan fingerprint density at radius 2 is 2.31 bits per heavy atom. The summed E-state index contributed by atoms with van der Waals surface area (Å²) in [5, 5.41) is 9.11. The van der Waals surface area contributed by atoms with Crippen molar-refractivity contribution in [2.45, 2.75) is 12.8 Å². The van der Waals surface area contributed by atoms with Crippen LogP contribution in [-0.4, -0.2) is 47.2 Å². The molecule has 1 aliphatic heterocycles. The minimum atomic E-state index is -0.186. The quantitative estimate of drug-likeness (QED) is 0.660. The summed E-state index contributed by atoms with van der Waals surface area (Å²) in [6.07, 6.45) is 3.97. The molecule has 0 spiro atoms. The highest BCUT2D eigenvalue weighted by molar-refractivity contribution is 5.96. The maximum Gasteiger partial charge on any atom is 0.271 e. The lowest BCUT2D eigenvalue weighted by molar-refractivity contribution is 0.0945. The lowest BCUT2D eigenvalue weighted by atomic mass is 10.3. The Morgan fingerprint density at radius 1 is 1.56 bits per heavy atom. The number of nitrogen functional groups attached to an aromatic ring is 1. The van der Waals surface area contributed by atoms with E-state index in [2.05, 4.69) is 20.4 Å². The van der Waals surface area contributed by atoms with Gasteiger partial charge in [0.15, 0.2) is 0 Å². The number of nitrogens with two attached hydrogens (primary N) is 1. The average molecular weight is 223 g/mol. The van der Waals surface area contributed by atoms with Gasteiger partial charge in [0.25, 0.3) is 5.91 Å². The number of rotatable bonds is 4. The van der Waals surface area contributed by atoms with Gasteiger partial charge in [-0.3, -0.25) is 9.89 Å². The predicted molar refractivity (Wildman–Crippen MR) is 61.0 cm³/mol. The lowest BCUT2D eigenvalue weighted by Crippen LogP contribution is -2.33. The van der Waals surface area contributed by atoms with Crippen LogP contribution in [0, 0.1) is 0 Å². The molecule has 1 aliphatic rings. The molecular formula is C10H17N5O. The van der Waals surface area contributed by atoms with Crippen LogP contribution in [-0.2, 0) is 0 Å². The molecule has 0 radical (unpaired) electrons. The van der Waals surface area contributed by atoms with Crippen molar-refractivity contribution in [3.8, 4) is 0 Å². The smallest absolute Gasteiger partial charge is 0.271 e. The standard InChI is InChI=1S/C10H17N5O/c11-8-7-13-14-9(8)10(16)12-3-6-15-4-1-2-5-15/h7H,1-6,11H2,(H,12,16)(H,13,14). The molecule has 4 N–H and O–H groups in total. The van der Waals surface area contributed by atoms with Gasteiger partial charge in [-0.15, -0.1) is 0 Å². The van der Waals surface area contributed by atoms with Crippen molar-refractivity contribution >= 4 is 11.6 Å². The molecule has 0 saturated carbocycles. The monoisotopic (exact) mass is 223 g/mol. The number of likely N-dealkylation sites (tertiary alicyclic amines) is 1. The van der Waals surface area contributed by atoms with Crippen molar-refractivity contribution in [3.05, 3.63) is 11.9 Å². The summed E-state index contributed by atoms with van der Waals surface area (Å²) < 4.78 is 0. The zero-order chi connectivity index (χ0) is 11.4. The first-order chi connectivity index (χ1) is 7.77. The maximum absolute atomic E-state index is 11.6. The number of carbonyl (C=O) groups is 1. The van der Waals surface area contributed by atoms with Crippen molar-refractivity contribution in [1.29, 1.82) is 0 Å². The molecule has 2 heterocycles. The van der Waals surface area contributed by atoms with Crippen molar-refractivity contribution in [2.24, 2.45) is 0 Å². The number of amides is 1. The SMILES string of the molecule is Nc1cn[nH]c1C(=O)NCCN1CCCC1. The largest absolute Gasteiger partial charge is 0.396 e. The number of anilines is 1. The first-order valence-corrected chi connectivity index (χ1v) is 5.57. The van der Waals surface area contributed by atoms with Gasteiger partial charge in [-0.2, -0.15) is 5.10 Å². The average Bonchev–Trinajstić information content (AvgIpc) is 2.88. The summed E-state index contributed by atoms with van der Waals surface area (Å²) in [6, 6.07) is 0. The second-order valence-electron chi connectivity index (χ2n) is 4.00. The fourth-order valence-electron chi connectivity index (χ4n) is 1.90. The normalized spacial score (nSPS) is 16.5. The third kappa shape index (κ3) is 2.52. The predicted octanol–water partition coefficient (Wildman–Crippen LogP) is -0.183. The first kappa shape index (κ1) is 10.9. The van der Waals surface area contributed by atoms with Crippen molar-refractivity contribution in [3.63, 3.8) is 0 Å². The summed E-state index contributed by atoms with van der Waals surface area (Å²) in [5.74, 6) is -0.186. The number of H-pyrrole nitrogens is 1. The molecular weight excluding hydrogens is 206 g/mol. The highest BCUT2D eigenvalue weighted by Crippen LogP contribution is 2.06. The topological polar surface area (TPSA) is 87.0 Å². The van der Waals surface area contributed by atoms with Crippen LogP contribution in [0.3, 0.4) is 0 Å². The van der Waals surface area contributed by atoms with E-state index in [1.165, 1.54) is 19.0 Å². The molecule has 1 saturated heterocycles. The minimum Gasteiger partial charge on any atom is -0.396 e. The molecule has 6 nitrogen and oxygen atoms in total. The van der Waals surface area contributed by atoms with E-state index in [1.54, 1.807) is 0 Å². The Hall–Kier alpha value is -1.56. The van der Waals surface area contributed by atoms with E-state index in [1.807, 2.05) is 0 Å². The Balaban J connectivity index is 1.73. The highest BCUT2D eigenvalue weighted by Gasteiger charge is 2.13. The second kappa shape index (κ2) is 4.98. The number of hydrogen-bond acceptors (Lipinski definition) is 4. The number of hydrogen-bond donors (Lipinski definition) is 3. The molecule has 0 aromatic carbocycles. The molecule has 1 amide bonds. The third-order valence-corrected chi connectivity index (χ3v) is 2.81. The van der Waals surface area contributed by atoms with Crippen LogP contribution in [0.5, 0.6) is 0 Å². The molecule has 0 aliphatic carbocycles. The summed E-state index contributed by atoms with van der Waals surface area (Å²) in [6.45, 7) is 3.83. The zero-order valence-corrected chi connectivity index (χ0v) is 9.20. The summed E-state index contributed by atoms with van der Waals surface area (Å²) >= 11 is 0. The molecule has 88 valence electrons. The highest BCUT2D eigenvalue weighted by atomic mass is 16.1. The van der Waals surface area contributed by atoms with Crippen LogP contribution in [0.1, 0.15) is 23.3 Å². The fourth-order valence-corrected chi connectivity index (χ4v) is 1.90. The maximum atomic E-state index is 11.6. The van der Waals surface area contributed by atoms with Gasteiger partial charge in [-0.25, -0.2) is 0 Å². The molecule has 1 aromatic heterocycles. The Labute approximate surface area is 94.2 Å². The Morgan fingerprint density at radius 3 is 2.94 bits per heavy atom. The first-order valence-electron chi connectivity index (χ1n) is 5.57. The molecule has 0 unspecified atom stereocenters. The zero-order valence-electron chi connectivity index (χ0n) is 9.20. The van der Waals surface area contributed by atoms with Crippen molar-refractivity contribution in [2.75, 3.05) is 31.9 Å². The summed E-state index contributed by atoms with van der Waals surface area (Å²) in [7, 11) is 0. The Kier molecular flexibility index (Phi) is 3.40. The van der Waals surface area contributed by atoms with Gasteiger partial charge < -0.3 is 16.0 Å². The van der Waals surface area contributed by atoms with E-state index in [0.717, 1.165) is 19.6 Å². The minimum absolute atomic E-state index is 0.186. The molecule has 6 heteroatoms. The van der Waals surface area contributed by atoms with Crippen LogP contribution in [0.25, 0.3) is 0 Å². The number of aromatic nitrogens is 2. The molecule has 2 rings (SSSR count). The number of carbonyl (C=O) groups excluding carboxylic acids is 1. The van der Waals surface area contributed by atoms with Crippen LogP contribution in [0.15, 0.2) is 6.20 Å². The molecule has 0 bridgehead atoms. The second-order valence-corrected chi connectivity index (χ2v) is 4.00. The van der Waals surface area contributed by atoms with Crippen LogP contribution < -0.4 is 11.1 Å². The van der Waals surface area contributed by atoms with Crippen molar-refractivity contribution < 1.29 is 4.79 Å². The lowest BCUT2D eigenvalue weighted by Gasteiger charge is -2.14. The van der Waals surface area contributed by atoms with Gasteiger partial charge in [0.05, 0.1) is 11.9 Å². The third-order valence-electron chi connectivity index (χ3n) is 2.81. The van der Waals surface area contributed by atoms with Crippen LogP contribution in [0.2, 0.25) is 0 Å². The van der Waals surface area contributed by atoms with Gasteiger partial charge in [-0.1, -0.05) is 0 Å². The van der Waals surface area contributed by atoms with E-state index in [0.29, 0.717) is 17.9 Å². The fraction of sp³-hybridized carbons (Fsp3) is 0.600. The van der Waals surface area contributed by atoms with Crippen LogP contribution in [0.4, 0.5) is 5.69 Å². The summed E-state index contributed by atoms with van der Waals surface area (Å²) in [4.78, 5) is 14.0.